The Morgan fingerprint density at radius 1 is 0.938 bits per heavy atom. The number of rotatable bonds is 3. The van der Waals surface area contributed by atoms with E-state index < -0.39 is 15.9 Å². The van der Waals surface area contributed by atoms with E-state index in [1.54, 1.807) is 29.8 Å². The predicted molar refractivity (Wildman–Crippen MR) is 127 cm³/mol. The van der Waals surface area contributed by atoms with Crippen molar-refractivity contribution in [3.8, 4) is 0 Å². The van der Waals surface area contributed by atoms with Crippen LogP contribution in [0.5, 0.6) is 0 Å². The molecule has 1 aromatic heterocycles. The van der Waals surface area contributed by atoms with Crippen LogP contribution in [0.2, 0.25) is 5.02 Å². The summed E-state index contributed by atoms with van der Waals surface area (Å²) in [4.78, 5) is 13.5. The van der Waals surface area contributed by atoms with Gasteiger partial charge in [0.1, 0.15) is 5.82 Å². The van der Waals surface area contributed by atoms with Crippen molar-refractivity contribution in [2.75, 3.05) is 4.31 Å². The summed E-state index contributed by atoms with van der Waals surface area (Å²) >= 11 is 6.63. The third-order valence-corrected chi connectivity index (χ3v) is 8.13. The Morgan fingerprint density at radius 2 is 1.62 bits per heavy atom. The second-order valence-corrected chi connectivity index (χ2v) is 10.3. The maximum Gasteiger partial charge on any atom is 0.272 e. The molecule has 1 amide bonds. The molecule has 0 bridgehead atoms. The normalized spacial score (nSPS) is 16.4. The number of benzene rings is 3. The number of aryl methyl sites for hydroxylation is 2. The molecule has 5 rings (SSSR count). The number of carbonyl (C=O) groups excluding carboxylic acids is 1. The molecule has 0 aliphatic carbocycles. The van der Waals surface area contributed by atoms with Gasteiger partial charge >= 0.3 is 0 Å². The van der Waals surface area contributed by atoms with Crippen LogP contribution < -0.4 is 4.31 Å². The number of fused-ring (bicyclic) bond motifs is 3. The fraction of sp³-hybridized carbons (Fsp3) is 0.160. The maximum absolute atomic E-state index is 13.7. The zero-order valence-electron chi connectivity index (χ0n) is 17.6. The molecule has 1 atom stereocenters. The molecule has 32 heavy (non-hydrogen) atoms. The summed E-state index contributed by atoms with van der Waals surface area (Å²) in [5, 5.41) is 1.31. The minimum atomic E-state index is -4.11. The van der Waals surface area contributed by atoms with Crippen molar-refractivity contribution >= 4 is 44.3 Å². The summed E-state index contributed by atoms with van der Waals surface area (Å²) < 4.78 is 30.1. The van der Waals surface area contributed by atoms with Crippen LogP contribution in [0.1, 0.15) is 29.0 Å². The fourth-order valence-electron chi connectivity index (χ4n) is 4.55. The second kappa shape index (κ2) is 7.50. The van der Waals surface area contributed by atoms with E-state index in [9.17, 15) is 13.2 Å². The molecular formula is C25H21ClN2O3S. The molecule has 7 heteroatoms. The zero-order chi connectivity index (χ0) is 22.6. The molecular weight excluding hydrogens is 444 g/mol. The molecule has 0 radical (unpaired) electrons. The lowest BCUT2D eigenvalue weighted by Crippen LogP contribution is -2.42. The van der Waals surface area contributed by atoms with Gasteiger partial charge in [-0.05, 0) is 36.8 Å². The molecule has 1 unspecified atom stereocenters. The van der Waals surface area contributed by atoms with Crippen molar-refractivity contribution in [3.63, 3.8) is 0 Å². The van der Waals surface area contributed by atoms with Gasteiger partial charge in [-0.25, -0.2) is 8.42 Å². The van der Waals surface area contributed by atoms with E-state index in [0.717, 1.165) is 31.9 Å². The van der Waals surface area contributed by atoms with Gasteiger partial charge in [0.2, 0.25) is 5.91 Å². The first-order valence-corrected chi connectivity index (χ1v) is 12.1. The average Bonchev–Trinajstić information content (AvgIpc) is 3.07. The maximum atomic E-state index is 13.7. The van der Waals surface area contributed by atoms with Gasteiger partial charge in [-0.3, -0.25) is 4.79 Å². The van der Waals surface area contributed by atoms with Crippen molar-refractivity contribution in [1.29, 1.82) is 0 Å². The molecule has 1 aliphatic rings. The summed E-state index contributed by atoms with van der Waals surface area (Å²) in [6.45, 7) is 1.89. The van der Waals surface area contributed by atoms with Gasteiger partial charge in [0, 0.05) is 30.3 Å². The smallest absolute Gasteiger partial charge is 0.272 e. The molecule has 5 nitrogen and oxygen atoms in total. The topological polar surface area (TPSA) is 59.4 Å². The van der Waals surface area contributed by atoms with E-state index in [-0.39, 0.29) is 17.2 Å². The molecule has 0 N–H and O–H groups in total. The van der Waals surface area contributed by atoms with Crippen LogP contribution in [-0.4, -0.2) is 18.9 Å². The quantitative estimate of drug-likeness (QED) is 0.408. The number of carbonyl (C=O) groups is 1. The van der Waals surface area contributed by atoms with E-state index >= 15 is 0 Å². The van der Waals surface area contributed by atoms with Crippen molar-refractivity contribution in [1.82, 2.24) is 4.57 Å². The van der Waals surface area contributed by atoms with Gasteiger partial charge in [-0.1, -0.05) is 65.7 Å². The molecule has 1 aliphatic heterocycles. The third kappa shape index (κ3) is 3.05. The van der Waals surface area contributed by atoms with Crippen LogP contribution >= 0.6 is 11.6 Å². The highest BCUT2D eigenvalue weighted by atomic mass is 35.5. The van der Waals surface area contributed by atoms with Crippen LogP contribution in [0.25, 0.3) is 10.9 Å². The summed E-state index contributed by atoms with van der Waals surface area (Å²) in [5.41, 5.74) is 3.42. The molecule has 4 aromatic rings. The minimum absolute atomic E-state index is 0.0342. The largest absolute Gasteiger partial charge is 0.329 e. The van der Waals surface area contributed by atoms with Crippen molar-refractivity contribution < 1.29 is 13.2 Å². The molecule has 0 spiro atoms. The molecule has 0 fully saturated rings. The summed E-state index contributed by atoms with van der Waals surface area (Å²) in [5.74, 6) is -0.417. The van der Waals surface area contributed by atoms with Crippen molar-refractivity contribution in [2.45, 2.75) is 24.2 Å². The first-order valence-electron chi connectivity index (χ1n) is 10.3. The summed E-state index contributed by atoms with van der Waals surface area (Å²) in [7, 11) is -2.34. The van der Waals surface area contributed by atoms with E-state index in [1.807, 2.05) is 49.4 Å². The van der Waals surface area contributed by atoms with Gasteiger partial charge in [0.15, 0.2) is 0 Å². The number of anilines is 1. The number of nitrogens with zero attached hydrogens (tertiary/aromatic N) is 2. The molecule has 3 aromatic carbocycles. The lowest BCUT2D eigenvalue weighted by atomic mass is 9.85. The van der Waals surface area contributed by atoms with Gasteiger partial charge in [-0.15, -0.1) is 0 Å². The van der Waals surface area contributed by atoms with Crippen LogP contribution in [-0.2, 0) is 21.9 Å². The number of halogens is 1. The van der Waals surface area contributed by atoms with Gasteiger partial charge < -0.3 is 4.57 Å². The second-order valence-electron chi connectivity index (χ2n) is 8.07. The standard InChI is InChI=1S/C25H21ClN2O3S/c1-16-11-13-18(14-12-16)32(30,31)28-22(29)15-19(17-7-4-3-5-8-17)23-24-20(26)9-6-10-21(24)27(2)25(23)28/h3-14,19H,15H2,1-2H3. The minimum Gasteiger partial charge on any atom is -0.329 e. The number of sulfonamides is 1. The van der Waals surface area contributed by atoms with Crippen molar-refractivity contribution in [2.24, 2.45) is 7.05 Å². The predicted octanol–water partition coefficient (Wildman–Crippen LogP) is 5.40. The number of aromatic nitrogens is 1. The first-order chi connectivity index (χ1) is 15.3. The highest BCUT2D eigenvalue weighted by Gasteiger charge is 2.43. The monoisotopic (exact) mass is 464 g/mol. The van der Waals surface area contributed by atoms with Gasteiger partial charge in [-0.2, -0.15) is 4.31 Å². The van der Waals surface area contributed by atoms with E-state index in [2.05, 4.69) is 0 Å². The lowest BCUT2D eigenvalue weighted by molar-refractivity contribution is -0.118. The van der Waals surface area contributed by atoms with Gasteiger partial charge in [0.25, 0.3) is 10.0 Å². The Balaban J connectivity index is 1.83. The summed E-state index contributed by atoms with van der Waals surface area (Å²) in [6.07, 6.45) is 0.0342. The van der Waals surface area contributed by atoms with E-state index in [0.29, 0.717) is 10.8 Å². The Hall–Kier alpha value is -3.09. The van der Waals surface area contributed by atoms with E-state index in [4.69, 9.17) is 11.6 Å². The van der Waals surface area contributed by atoms with Crippen molar-refractivity contribution in [3.05, 3.63) is 94.5 Å². The first kappa shape index (κ1) is 20.8. The Bertz CT molecular complexity index is 1460. The van der Waals surface area contributed by atoms with Crippen LogP contribution in [0.15, 0.2) is 77.7 Å². The highest BCUT2D eigenvalue weighted by Crippen LogP contribution is 2.48. The van der Waals surface area contributed by atoms with E-state index in [1.165, 1.54) is 12.1 Å². The molecule has 0 saturated carbocycles. The Labute approximate surface area is 191 Å². The number of amides is 1. The zero-order valence-corrected chi connectivity index (χ0v) is 19.2. The Kier molecular flexibility index (Phi) is 4.87. The molecule has 162 valence electrons. The SMILES string of the molecule is Cc1ccc(S(=O)(=O)N2C(=O)CC(c3ccccc3)c3c2n(C)c2cccc(Cl)c32)cc1. The molecule has 2 heterocycles. The Morgan fingerprint density at radius 3 is 2.31 bits per heavy atom. The summed E-state index contributed by atoms with van der Waals surface area (Å²) in [6, 6.07) is 21.7. The average molecular weight is 465 g/mol. The van der Waals surface area contributed by atoms with Gasteiger partial charge in [0.05, 0.1) is 15.4 Å². The fourth-order valence-corrected chi connectivity index (χ4v) is 6.31. The highest BCUT2D eigenvalue weighted by molar-refractivity contribution is 7.93. The molecule has 0 saturated heterocycles. The number of hydrogen-bond acceptors (Lipinski definition) is 3. The van der Waals surface area contributed by atoms with Crippen LogP contribution in [0, 0.1) is 6.92 Å². The van der Waals surface area contributed by atoms with Crippen LogP contribution in [0.3, 0.4) is 0 Å². The lowest BCUT2D eigenvalue weighted by Gasteiger charge is -2.32. The number of hydrogen-bond donors (Lipinski definition) is 0. The third-order valence-electron chi connectivity index (χ3n) is 6.09. The van der Waals surface area contributed by atoms with Crippen LogP contribution in [0.4, 0.5) is 5.82 Å².